The zero-order valence-electron chi connectivity index (χ0n) is 14.6. The summed E-state index contributed by atoms with van der Waals surface area (Å²) in [5, 5.41) is 3.44. The van der Waals surface area contributed by atoms with E-state index >= 15 is 0 Å². The molecule has 3 nitrogen and oxygen atoms in total. The Morgan fingerprint density at radius 2 is 2.09 bits per heavy atom. The largest absolute Gasteiger partial charge is 0.317 e. The highest BCUT2D eigenvalue weighted by atomic mass is 16.2. The van der Waals surface area contributed by atoms with Gasteiger partial charge in [-0.3, -0.25) is 4.79 Å². The molecule has 0 spiro atoms. The van der Waals surface area contributed by atoms with Crippen LogP contribution in [0.1, 0.15) is 50.7 Å². The number of carbonyl (C=O) groups is 1. The molecule has 1 N–H and O–H groups in total. The van der Waals surface area contributed by atoms with Gasteiger partial charge in [-0.25, -0.2) is 0 Å². The van der Waals surface area contributed by atoms with Crippen LogP contribution in [0.15, 0.2) is 18.2 Å². The van der Waals surface area contributed by atoms with E-state index < -0.39 is 0 Å². The molecule has 0 saturated carbocycles. The van der Waals surface area contributed by atoms with Crippen molar-refractivity contribution in [2.75, 3.05) is 24.5 Å². The maximum Gasteiger partial charge on any atom is 0.227 e. The Morgan fingerprint density at radius 1 is 1.30 bits per heavy atom. The van der Waals surface area contributed by atoms with Crippen molar-refractivity contribution < 1.29 is 4.79 Å². The molecule has 0 bridgehead atoms. The standard InChI is InChI=1S/C20H30N2O/c1-15(2)12-20(23)22-11-3-4-18-14-17(5-6-19(18)22)13-16-7-9-21-10-8-16/h5-6,14-16,21H,3-4,7-13H2,1-2H3. The first-order valence-electron chi connectivity index (χ1n) is 9.26. The predicted molar refractivity (Wildman–Crippen MR) is 95.9 cm³/mol. The number of nitrogens with one attached hydrogen (secondary N) is 1. The molecule has 2 heterocycles. The average molecular weight is 314 g/mol. The minimum absolute atomic E-state index is 0.284. The maximum absolute atomic E-state index is 12.5. The van der Waals surface area contributed by atoms with Crippen molar-refractivity contribution in [3.8, 4) is 0 Å². The van der Waals surface area contributed by atoms with Gasteiger partial charge in [0.15, 0.2) is 0 Å². The molecule has 0 aliphatic carbocycles. The lowest BCUT2D eigenvalue weighted by molar-refractivity contribution is -0.119. The summed E-state index contributed by atoms with van der Waals surface area (Å²) >= 11 is 0. The van der Waals surface area contributed by atoms with Crippen LogP contribution in [-0.2, 0) is 17.6 Å². The van der Waals surface area contributed by atoms with Gasteiger partial charge in [-0.1, -0.05) is 26.0 Å². The third-order valence-electron chi connectivity index (χ3n) is 5.13. The molecule has 1 aromatic rings. The molecular weight excluding hydrogens is 284 g/mol. The van der Waals surface area contributed by atoms with Crippen LogP contribution >= 0.6 is 0 Å². The SMILES string of the molecule is CC(C)CC(=O)N1CCCc2cc(CC3CCNCC3)ccc21. The van der Waals surface area contributed by atoms with Gasteiger partial charge in [0.25, 0.3) is 0 Å². The van der Waals surface area contributed by atoms with Crippen molar-refractivity contribution in [3.05, 3.63) is 29.3 Å². The molecule has 2 aliphatic heterocycles. The number of anilines is 1. The lowest BCUT2D eigenvalue weighted by atomic mass is 9.89. The molecule has 2 aliphatic rings. The summed E-state index contributed by atoms with van der Waals surface area (Å²) in [7, 11) is 0. The van der Waals surface area contributed by atoms with E-state index in [-0.39, 0.29) is 5.91 Å². The Balaban J connectivity index is 1.72. The van der Waals surface area contributed by atoms with Crippen LogP contribution in [0.5, 0.6) is 0 Å². The molecule has 0 radical (unpaired) electrons. The van der Waals surface area contributed by atoms with Gasteiger partial charge >= 0.3 is 0 Å². The van der Waals surface area contributed by atoms with Gasteiger partial charge in [0.2, 0.25) is 5.91 Å². The number of carbonyl (C=O) groups excluding carboxylic acids is 1. The first-order valence-corrected chi connectivity index (χ1v) is 9.26. The minimum atomic E-state index is 0.284. The highest BCUT2D eigenvalue weighted by molar-refractivity contribution is 5.94. The normalized spacial score (nSPS) is 19.0. The Hall–Kier alpha value is -1.35. The van der Waals surface area contributed by atoms with E-state index in [9.17, 15) is 4.79 Å². The first kappa shape index (κ1) is 16.5. The number of piperidine rings is 1. The lowest BCUT2D eigenvalue weighted by Crippen LogP contribution is -2.36. The van der Waals surface area contributed by atoms with Gasteiger partial charge in [-0.15, -0.1) is 0 Å². The Kier molecular flexibility index (Phi) is 5.37. The highest BCUT2D eigenvalue weighted by Gasteiger charge is 2.23. The number of hydrogen-bond acceptors (Lipinski definition) is 2. The fourth-order valence-electron chi connectivity index (χ4n) is 3.92. The monoisotopic (exact) mass is 314 g/mol. The highest BCUT2D eigenvalue weighted by Crippen LogP contribution is 2.30. The zero-order chi connectivity index (χ0) is 16.2. The van der Waals surface area contributed by atoms with Crippen LogP contribution in [-0.4, -0.2) is 25.5 Å². The molecule has 23 heavy (non-hydrogen) atoms. The van der Waals surface area contributed by atoms with Gasteiger partial charge in [0.05, 0.1) is 0 Å². The molecule has 1 saturated heterocycles. The summed E-state index contributed by atoms with van der Waals surface area (Å²) in [4.78, 5) is 14.5. The van der Waals surface area contributed by atoms with E-state index in [0.717, 1.165) is 44.1 Å². The summed E-state index contributed by atoms with van der Waals surface area (Å²) in [6.45, 7) is 7.43. The lowest BCUT2D eigenvalue weighted by Gasteiger charge is -2.31. The molecule has 1 fully saturated rings. The Morgan fingerprint density at radius 3 is 2.83 bits per heavy atom. The molecule has 3 rings (SSSR count). The van der Waals surface area contributed by atoms with E-state index in [1.54, 1.807) is 0 Å². The number of hydrogen-bond donors (Lipinski definition) is 1. The number of amides is 1. The van der Waals surface area contributed by atoms with Crippen molar-refractivity contribution in [1.82, 2.24) is 5.32 Å². The van der Waals surface area contributed by atoms with Crippen molar-refractivity contribution in [2.45, 2.75) is 52.4 Å². The molecule has 1 amide bonds. The van der Waals surface area contributed by atoms with Gasteiger partial charge in [0, 0.05) is 18.7 Å². The van der Waals surface area contributed by atoms with Crippen LogP contribution in [0.4, 0.5) is 5.69 Å². The maximum atomic E-state index is 12.5. The Bertz CT molecular complexity index is 547. The van der Waals surface area contributed by atoms with Crippen LogP contribution in [0.2, 0.25) is 0 Å². The molecule has 0 atom stereocenters. The summed E-state index contributed by atoms with van der Waals surface area (Å²) in [6.07, 6.45) is 6.62. The molecule has 0 unspecified atom stereocenters. The molecular formula is C20H30N2O. The van der Waals surface area contributed by atoms with Crippen molar-refractivity contribution >= 4 is 11.6 Å². The predicted octanol–water partition coefficient (Wildman–Crippen LogP) is 3.55. The topological polar surface area (TPSA) is 32.3 Å². The molecule has 126 valence electrons. The van der Waals surface area contributed by atoms with Gasteiger partial charge < -0.3 is 10.2 Å². The third-order valence-corrected chi connectivity index (χ3v) is 5.13. The van der Waals surface area contributed by atoms with Gasteiger partial charge in [-0.2, -0.15) is 0 Å². The number of rotatable bonds is 4. The van der Waals surface area contributed by atoms with E-state index in [1.807, 2.05) is 4.90 Å². The van der Waals surface area contributed by atoms with Crippen LogP contribution < -0.4 is 10.2 Å². The molecule has 1 aromatic carbocycles. The van der Waals surface area contributed by atoms with E-state index in [4.69, 9.17) is 0 Å². The number of benzene rings is 1. The second kappa shape index (κ2) is 7.48. The number of nitrogens with zero attached hydrogens (tertiary/aromatic N) is 1. The Labute approximate surface area is 140 Å². The number of aryl methyl sites for hydroxylation is 1. The minimum Gasteiger partial charge on any atom is -0.317 e. The van der Waals surface area contributed by atoms with Crippen molar-refractivity contribution in [3.63, 3.8) is 0 Å². The van der Waals surface area contributed by atoms with Crippen LogP contribution in [0, 0.1) is 11.8 Å². The first-order chi connectivity index (χ1) is 11.1. The fourth-order valence-corrected chi connectivity index (χ4v) is 3.92. The number of fused-ring (bicyclic) bond motifs is 1. The smallest absolute Gasteiger partial charge is 0.227 e. The molecule has 3 heteroatoms. The summed E-state index contributed by atoms with van der Waals surface area (Å²) < 4.78 is 0. The average Bonchev–Trinajstić information content (AvgIpc) is 2.54. The van der Waals surface area contributed by atoms with Crippen LogP contribution in [0.3, 0.4) is 0 Å². The third kappa shape index (κ3) is 4.14. The molecule has 0 aromatic heterocycles. The summed E-state index contributed by atoms with van der Waals surface area (Å²) in [6, 6.07) is 6.82. The van der Waals surface area contributed by atoms with Crippen molar-refractivity contribution in [1.29, 1.82) is 0 Å². The van der Waals surface area contributed by atoms with Crippen LogP contribution in [0.25, 0.3) is 0 Å². The van der Waals surface area contributed by atoms with Gasteiger partial charge in [-0.05, 0) is 74.2 Å². The fraction of sp³-hybridized carbons (Fsp3) is 0.650. The second-order valence-corrected chi connectivity index (χ2v) is 7.61. The second-order valence-electron chi connectivity index (χ2n) is 7.61. The summed E-state index contributed by atoms with van der Waals surface area (Å²) in [5.41, 5.74) is 3.99. The summed E-state index contributed by atoms with van der Waals surface area (Å²) in [5.74, 6) is 1.52. The quantitative estimate of drug-likeness (QED) is 0.921. The van der Waals surface area contributed by atoms with E-state index in [0.29, 0.717) is 12.3 Å². The zero-order valence-corrected chi connectivity index (χ0v) is 14.6. The van der Waals surface area contributed by atoms with Gasteiger partial charge in [0.1, 0.15) is 0 Å². The van der Waals surface area contributed by atoms with E-state index in [1.165, 1.54) is 30.4 Å². The van der Waals surface area contributed by atoms with Crippen molar-refractivity contribution in [2.24, 2.45) is 11.8 Å². The van der Waals surface area contributed by atoms with E-state index in [2.05, 4.69) is 37.4 Å².